The Labute approximate surface area is 118 Å². The second-order valence-electron chi connectivity index (χ2n) is 5.90. The molecule has 0 aliphatic heterocycles. The molecule has 0 aromatic heterocycles. The van der Waals surface area contributed by atoms with Crippen molar-refractivity contribution in [3.8, 4) is 5.75 Å². The van der Waals surface area contributed by atoms with Gasteiger partial charge in [0.05, 0.1) is 18.1 Å². The van der Waals surface area contributed by atoms with Crippen molar-refractivity contribution in [1.82, 2.24) is 0 Å². The summed E-state index contributed by atoms with van der Waals surface area (Å²) in [7, 11) is 1.53. The van der Waals surface area contributed by atoms with E-state index < -0.39 is 0 Å². The number of nitrogens with zero attached hydrogens (tertiary/aromatic N) is 1. The van der Waals surface area contributed by atoms with E-state index in [2.05, 4.69) is 5.32 Å². The van der Waals surface area contributed by atoms with Crippen LogP contribution in [0.15, 0.2) is 18.2 Å². The first-order valence-corrected chi connectivity index (χ1v) is 7.24. The zero-order valence-electron chi connectivity index (χ0n) is 11.7. The Bertz CT molecular complexity index is 498. The third-order valence-electron chi connectivity index (χ3n) is 4.33. The second-order valence-corrected chi connectivity index (χ2v) is 5.90. The smallest absolute Gasteiger partial charge is 0.275 e. The van der Waals surface area contributed by atoms with E-state index in [9.17, 15) is 10.1 Å². The predicted octanol–water partition coefficient (Wildman–Crippen LogP) is 3.45. The minimum absolute atomic E-state index is 0.0706. The van der Waals surface area contributed by atoms with Gasteiger partial charge in [0, 0.05) is 24.4 Å². The standard InChI is InChI=1S/C15H20N2O3/c1-20-14-7-12(6-13(8-14)17(18)19)16-9-15(10-2-3-10)11-4-5-11/h6-8,10-11,15-16H,2-5,9H2,1H3. The van der Waals surface area contributed by atoms with Gasteiger partial charge in [0.2, 0.25) is 0 Å². The SMILES string of the molecule is COc1cc(NCC(C2CC2)C2CC2)cc([N+](=O)[O-])c1. The lowest BCUT2D eigenvalue weighted by molar-refractivity contribution is -0.384. The highest BCUT2D eigenvalue weighted by molar-refractivity contribution is 5.56. The average Bonchev–Trinajstić information content (AvgIpc) is 3.31. The van der Waals surface area contributed by atoms with Crippen molar-refractivity contribution in [2.75, 3.05) is 19.0 Å². The number of rotatable bonds is 7. The molecule has 1 N–H and O–H groups in total. The highest BCUT2D eigenvalue weighted by atomic mass is 16.6. The van der Waals surface area contributed by atoms with Gasteiger partial charge in [-0.1, -0.05) is 0 Å². The number of hydrogen-bond donors (Lipinski definition) is 1. The number of benzene rings is 1. The van der Waals surface area contributed by atoms with Gasteiger partial charge in [-0.25, -0.2) is 0 Å². The molecule has 2 fully saturated rings. The van der Waals surface area contributed by atoms with Crippen LogP contribution in [0.5, 0.6) is 5.75 Å². The monoisotopic (exact) mass is 276 g/mol. The lowest BCUT2D eigenvalue weighted by Crippen LogP contribution is -2.18. The molecule has 2 saturated carbocycles. The fraction of sp³-hybridized carbons (Fsp3) is 0.600. The molecule has 0 radical (unpaired) electrons. The molecular formula is C15H20N2O3. The quantitative estimate of drug-likeness (QED) is 0.612. The van der Waals surface area contributed by atoms with E-state index in [-0.39, 0.29) is 10.6 Å². The van der Waals surface area contributed by atoms with E-state index in [1.165, 1.54) is 38.9 Å². The summed E-state index contributed by atoms with van der Waals surface area (Å²) in [6.45, 7) is 0.916. The Balaban J connectivity index is 1.69. The highest BCUT2D eigenvalue weighted by Crippen LogP contribution is 2.49. The van der Waals surface area contributed by atoms with E-state index in [0.717, 1.165) is 30.0 Å². The van der Waals surface area contributed by atoms with Gasteiger partial charge in [0.15, 0.2) is 0 Å². The first-order chi connectivity index (χ1) is 9.67. The fourth-order valence-corrected chi connectivity index (χ4v) is 2.91. The lowest BCUT2D eigenvalue weighted by atomic mass is 9.98. The molecule has 0 atom stereocenters. The van der Waals surface area contributed by atoms with E-state index in [0.29, 0.717) is 5.75 Å². The van der Waals surface area contributed by atoms with Crippen LogP contribution in [-0.2, 0) is 0 Å². The minimum Gasteiger partial charge on any atom is -0.496 e. The lowest BCUT2D eigenvalue weighted by Gasteiger charge is -2.17. The molecular weight excluding hydrogens is 256 g/mol. The maximum absolute atomic E-state index is 10.9. The summed E-state index contributed by atoms with van der Waals surface area (Å²) in [4.78, 5) is 10.5. The van der Waals surface area contributed by atoms with E-state index in [1.807, 2.05) is 6.07 Å². The van der Waals surface area contributed by atoms with Crippen LogP contribution in [0.4, 0.5) is 11.4 Å². The fourth-order valence-electron chi connectivity index (χ4n) is 2.91. The van der Waals surface area contributed by atoms with Crippen LogP contribution in [0.25, 0.3) is 0 Å². The van der Waals surface area contributed by atoms with Gasteiger partial charge < -0.3 is 10.1 Å². The normalized spacial score (nSPS) is 18.1. The maximum Gasteiger partial charge on any atom is 0.275 e. The number of hydrogen-bond acceptors (Lipinski definition) is 4. The number of nitrogens with one attached hydrogen (secondary N) is 1. The third kappa shape index (κ3) is 3.03. The van der Waals surface area contributed by atoms with Crippen molar-refractivity contribution in [2.24, 2.45) is 17.8 Å². The summed E-state index contributed by atoms with van der Waals surface area (Å²) in [6.07, 6.45) is 5.39. The molecule has 20 heavy (non-hydrogen) atoms. The van der Waals surface area contributed by atoms with Gasteiger partial charge in [0.1, 0.15) is 5.75 Å². The van der Waals surface area contributed by atoms with Crippen molar-refractivity contribution < 1.29 is 9.66 Å². The highest BCUT2D eigenvalue weighted by Gasteiger charge is 2.41. The van der Waals surface area contributed by atoms with Crippen molar-refractivity contribution in [2.45, 2.75) is 25.7 Å². The van der Waals surface area contributed by atoms with E-state index >= 15 is 0 Å². The molecule has 0 saturated heterocycles. The number of ether oxygens (including phenoxy) is 1. The summed E-state index contributed by atoms with van der Waals surface area (Å²) in [5, 5.41) is 14.3. The van der Waals surface area contributed by atoms with Gasteiger partial charge in [-0.3, -0.25) is 10.1 Å². The molecule has 3 rings (SSSR count). The molecule has 2 aliphatic rings. The molecule has 0 amide bonds. The first kappa shape index (κ1) is 13.2. The van der Waals surface area contributed by atoms with E-state index in [4.69, 9.17) is 4.74 Å². The van der Waals surface area contributed by atoms with Crippen LogP contribution in [0.1, 0.15) is 25.7 Å². The van der Waals surface area contributed by atoms with Crippen LogP contribution < -0.4 is 10.1 Å². The van der Waals surface area contributed by atoms with Gasteiger partial charge in [-0.15, -0.1) is 0 Å². The van der Waals surface area contributed by atoms with Gasteiger partial charge >= 0.3 is 0 Å². The van der Waals surface area contributed by atoms with Crippen LogP contribution in [0.3, 0.4) is 0 Å². The molecule has 108 valence electrons. The van der Waals surface area contributed by atoms with Crippen molar-refractivity contribution in [3.63, 3.8) is 0 Å². The number of methoxy groups -OCH3 is 1. The molecule has 2 aliphatic carbocycles. The van der Waals surface area contributed by atoms with Gasteiger partial charge in [-0.05, 0) is 43.4 Å². The van der Waals surface area contributed by atoms with Crippen LogP contribution >= 0.6 is 0 Å². The Morgan fingerprint density at radius 2 is 1.95 bits per heavy atom. The maximum atomic E-state index is 10.9. The Hall–Kier alpha value is -1.78. The summed E-state index contributed by atoms with van der Waals surface area (Å²) in [6, 6.07) is 4.85. The summed E-state index contributed by atoms with van der Waals surface area (Å²) >= 11 is 0. The molecule has 5 heteroatoms. The van der Waals surface area contributed by atoms with E-state index in [1.54, 1.807) is 6.07 Å². The minimum atomic E-state index is -0.382. The zero-order valence-corrected chi connectivity index (χ0v) is 11.7. The summed E-state index contributed by atoms with van der Waals surface area (Å²) < 4.78 is 5.13. The van der Waals surface area contributed by atoms with Gasteiger partial charge in [-0.2, -0.15) is 0 Å². The summed E-state index contributed by atoms with van der Waals surface area (Å²) in [5.74, 6) is 3.00. The number of nitro benzene ring substituents is 1. The zero-order chi connectivity index (χ0) is 14.1. The molecule has 0 spiro atoms. The van der Waals surface area contributed by atoms with Crippen molar-refractivity contribution >= 4 is 11.4 Å². The Morgan fingerprint density at radius 1 is 1.30 bits per heavy atom. The summed E-state index contributed by atoms with van der Waals surface area (Å²) in [5.41, 5.74) is 0.851. The van der Waals surface area contributed by atoms with Crippen LogP contribution in [0, 0.1) is 27.9 Å². The molecule has 5 nitrogen and oxygen atoms in total. The number of anilines is 1. The average molecular weight is 276 g/mol. The molecule has 0 unspecified atom stereocenters. The Morgan fingerprint density at radius 3 is 2.45 bits per heavy atom. The number of non-ortho nitro benzene ring substituents is 1. The third-order valence-corrected chi connectivity index (χ3v) is 4.33. The molecule has 0 bridgehead atoms. The first-order valence-electron chi connectivity index (χ1n) is 7.24. The Kier molecular flexibility index (Phi) is 3.51. The van der Waals surface area contributed by atoms with Crippen molar-refractivity contribution in [3.05, 3.63) is 28.3 Å². The topological polar surface area (TPSA) is 64.4 Å². The molecule has 1 aromatic carbocycles. The van der Waals surface area contributed by atoms with Crippen LogP contribution in [0.2, 0.25) is 0 Å². The second kappa shape index (κ2) is 5.31. The number of nitro groups is 1. The predicted molar refractivity (Wildman–Crippen MR) is 77.1 cm³/mol. The largest absolute Gasteiger partial charge is 0.496 e. The van der Waals surface area contributed by atoms with Gasteiger partial charge in [0.25, 0.3) is 5.69 Å². The molecule has 0 heterocycles. The molecule has 1 aromatic rings. The van der Waals surface area contributed by atoms with Crippen LogP contribution in [-0.4, -0.2) is 18.6 Å². The van der Waals surface area contributed by atoms with Crippen molar-refractivity contribution in [1.29, 1.82) is 0 Å².